The number of hydrogen-bond acceptors (Lipinski definition) is 9. The Kier molecular flexibility index (Phi) is 20.3. The van der Waals surface area contributed by atoms with E-state index in [2.05, 4.69) is 26.1 Å². The summed E-state index contributed by atoms with van der Waals surface area (Å²) < 4.78 is 0. The van der Waals surface area contributed by atoms with Crippen molar-refractivity contribution >= 4 is 47.0 Å². The van der Waals surface area contributed by atoms with Gasteiger partial charge in [0.05, 0.1) is 19.1 Å². The molecule has 0 heterocycles. The van der Waals surface area contributed by atoms with Gasteiger partial charge in [-0.3, -0.25) is 28.8 Å². The molecule has 0 aliphatic carbocycles. The molecule has 270 valence electrons. The van der Waals surface area contributed by atoms with Crippen LogP contribution < -0.4 is 26.1 Å². The van der Waals surface area contributed by atoms with Crippen LogP contribution in [-0.2, 0) is 28.8 Å². The average molecular weight is 704 g/mol. The zero-order valence-electron chi connectivity index (χ0n) is 28.7. The van der Waals surface area contributed by atoms with Crippen LogP contribution in [0.5, 0.6) is 0 Å². The maximum atomic E-state index is 12.0. The number of hydrogen-bond donors (Lipinski definition) is 7. The molecule has 0 bridgehead atoms. The quantitative estimate of drug-likeness (QED) is 0.107. The number of Topliss-reactive ketones (excluding diaryl/α,β-unsaturated/α-hetero) is 2. The summed E-state index contributed by atoms with van der Waals surface area (Å²) in [6, 6.07) is 15.6. The fraction of sp³-hybridized carbons (Fsp3) is 0.486. The minimum absolute atomic E-state index is 0.174. The molecule has 0 aromatic heterocycles. The number of amides is 4. The molecule has 0 spiro atoms. The first-order chi connectivity index (χ1) is 23.3. The van der Waals surface area contributed by atoms with E-state index in [0.29, 0.717) is 17.5 Å². The topological polar surface area (TPSA) is 203 Å². The lowest BCUT2D eigenvalue weighted by atomic mass is 9.99. The highest BCUT2D eigenvalue weighted by Crippen LogP contribution is 2.15. The number of aliphatic hydroxyl groups excluding tert-OH is 2. The van der Waals surface area contributed by atoms with Crippen molar-refractivity contribution in [3.63, 3.8) is 0 Å². The van der Waals surface area contributed by atoms with E-state index in [1.54, 1.807) is 55.5 Å². The Morgan fingerprint density at radius 1 is 0.653 bits per heavy atom. The lowest BCUT2D eigenvalue weighted by Gasteiger charge is -2.20. The molecule has 4 amide bonds. The van der Waals surface area contributed by atoms with Gasteiger partial charge in [0.2, 0.25) is 17.7 Å². The van der Waals surface area contributed by atoms with Crippen molar-refractivity contribution in [3.8, 4) is 0 Å². The minimum Gasteiger partial charge on any atom is -0.383 e. The highest BCUT2D eigenvalue weighted by atomic mass is 35.5. The number of carbonyl (C=O) groups excluding carboxylic acids is 6. The van der Waals surface area contributed by atoms with Gasteiger partial charge in [-0.1, -0.05) is 94.3 Å². The van der Waals surface area contributed by atoms with Crippen molar-refractivity contribution < 1.29 is 39.0 Å². The fourth-order valence-corrected chi connectivity index (χ4v) is 4.96. The Labute approximate surface area is 293 Å². The predicted octanol–water partition coefficient (Wildman–Crippen LogP) is 2.17. The molecule has 13 nitrogen and oxygen atoms in total. The molecule has 0 aliphatic rings. The molecule has 49 heavy (non-hydrogen) atoms. The summed E-state index contributed by atoms with van der Waals surface area (Å²) in [6.07, 6.45) is 0.306. The van der Waals surface area contributed by atoms with E-state index in [-0.39, 0.29) is 30.6 Å². The average Bonchev–Trinajstić information content (AvgIpc) is 3.09. The standard InChI is InChI=1S/C18H26N2O4.C17H24ClN3O4/c1-4-8-12(2)17(23)18(24)19-11-15(22)20-16(13(3)21)14-9-6-5-7-10-14;1-3-7-13(21-18)16(24)17(25)19-10-14(23)20-15(11(2)22)12-8-5-4-6-9-12/h5-7,9-10,12,16-17,23H,4,8,11H2,1-3H3,(H,19,24)(H,20,22);4-6,8-9,13,15-16,21,24H,3,7,10H2,1-2H3,(H,19,25)(H,20,23). The van der Waals surface area contributed by atoms with E-state index in [1.165, 1.54) is 13.8 Å². The van der Waals surface area contributed by atoms with Crippen molar-refractivity contribution in [1.29, 1.82) is 0 Å². The Hall–Kier alpha value is -4.17. The number of aliphatic hydroxyl groups is 2. The van der Waals surface area contributed by atoms with Crippen molar-refractivity contribution in [2.24, 2.45) is 5.92 Å². The zero-order valence-corrected chi connectivity index (χ0v) is 29.5. The summed E-state index contributed by atoms with van der Waals surface area (Å²) in [6.45, 7) is 7.79. The first-order valence-corrected chi connectivity index (χ1v) is 16.6. The van der Waals surface area contributed by atoms with Gasteiger partial charge in [-0.25, -0.2) is 4.84 Å². The number of halogens is 1. The number of benzene rings is 2. The summed E-state index contributed by atoms with van der Waals surface area (Å²) in [5.74, 6) is -2.89. The van der Waals surface area contributed by atoms with Crippen LogP contribution in [0, 0.1) is 5.92 Å². The second-order valence-electron chi connectivity index (χ2n) is 11.6. The molecule has 14 heteroatoms. The normalized spacial score (nSPS) is 14.3. The molecule has 0 saturated heterocycles. The van der Waals surface area contributed by atoms with Crippen LogP contribution in [0.4, 0.5) is 0 Å². The van der Waals surface area contributed by atoms with Gasteiger partial charge in [0.1, 0.15) is 24.3 Å². The predicted molar refractivity (Wildman–Crippen MR) is 186 cm³/mol. The van der Waals surface area contributed by atoms with Crippen molar-refractivity contribution in [2.45, 2.75) is 90.6 Å². The van der Waals surface area contributed by atoms with E-state index >= 15 is 0 Å². The van der Waals surface area contributed by atoms with Gasteiger partial charge in [-0.2, -0.15) is 0 Å². The van der Waals surface area contributed by atoms with Crippen LogP contribution in [0.25, 0.3) is 0 Å². The zero-order chi connectivity index (χ0) is 36.9. The molecule has 6 unspecified atom stereocenters. The summed E-state index contributed by atoms with van der Waals surface area (Å²) in [5, 5.41) is 29.7. The summed E-state index contributed by atoms with van der Waals surface area (Å²) in [7, 11) is 0. The van der Waals surface area contributed by atoms with Gasteiger partial charge in [0.15, 0.2) is 11.6 Å². The van der Waals surface area contributed by atoms with E-state index in [4.69, 9.17) is 11.8 Å². The van der Waals surface area contributed by atoms with E-state index in [9.17, 15) is 39.0 Å². The fourth-order valence-electron chi connectivity index (χ4n) is 4.74. The number of carbonyl (C=O) groups is 6. The van der Waals surface area contributed by atoms with Crippen molar-refractivity contribution in [3.05, 3.63) is 71.8 Å². The van der Waals surface area contributed by atoms with Crippen LogP contribution in [-0.4, -0.2) is 76.7 Å². The third-order valence-electron chi connectivity index (χ3n) is 7.48. The molecular weight excluding hydrogens is 654 g/mol. The van der Waals surface area contributed by atoms with Crippen LogP contribution in [0.3, 0.4) is 0 Å². The number of nitrogens with one attached hydrogen (secondary N) is 5. The van der Waals surface area contributed by atoms with E-state index in [1.807, 2.05) is 26.0 Å². The first-order valence-electron chi connectivity index (χ1n) is 16.2. The molecule has 2 rings (SSSR count). The van der Waals surface area contributed by atoms with Gasteiger partial charge in [0, 0.05) is 0 Å². The highest BCUT2D eigenvalue weighted by Gasteiger charge is 2.26. The molecule has 2 aromatic rings. The molecule has 0 saturated carbocycles. The summed E-state index contributed by atoms with van der Waals surface area (Å²) in [4.78, 5) is 73.6. The van der Waals surface area contributed by atoms with Crippen molar-refractivity contribution in [2.75, 3.05) is 13.1 Å². The maximum Gasteiger partial charge on any atom is 0.250 e. The third-order valence-corrected chi connectivity index (χ3v) is 7.76. The Morgan fingerprint density at radius 2 is 1.04 bits per heavy atom. The SMILES string of the molecule is CCCC(C)C(O)C(=O)NCC(=O)NC(C(C)=O)c1ccccc1.CCCC(NCl)C(O)C(=O)NCC(=O)NC(C(C)=O)c1ccccc1. The lowest BCUT2D eigenvalue weighted by Crippen LogP contribution is -2.49. The lowest BCUT2D eigenvalue weighted by molar-refractivity contribution is -0.134. The molecule has 0 radical (unpaired) electrons. The molecule has 0 aliphatic heterocycles. The van der Waals surface area contributed by atoms with Gasteiger partial charge >= 0.3 is 0 Å². The number of ketones is 2. The third kappa shape index (κ3) is 15.7. The van der Waals surface area contributed by atoms with Gasteiger partial charge in [-0.05, 0) is 55.5 Å². The summed E-state index contributed by atoms with van der Waals surface area (Å²) in [5.41, 5.74) is 1.34. The van der Waals surface area contributed by atoms with Crippen LogP contribution in [0.2, 0.25) is 0 Å². The van der Waals surface area contributed by atoms with Crippen LogP contribution >= 0.6 is 11.8 Å². The maximum absolute atomic E-state index is 12.0. The molecule has 2 aromatic carbocycles. The Bertz CT molecular complexity index is 1350. The minimum atomic E-state index is -1.37. The second kappa shape index (κ2) is 23.2. The van der Waals surface area contributed by atoms with E-state index < -0.39 is 54.0 Å². The highest BCUT2D eigenvalue weighted by molar-refractivity contribution is 6.13. The van der Waals surface area contributed by atoms with Crippen LogP contribution in [0.15, 0.2) is 60.7 Å². The largest absolute Gasteiger partial charge is 0.383 e. The first kappa shape index (κ1) is 42.9. The van der Waals surface area contributed by atoms with Gasteiger partial charge < -0.3 is 31.5 Å². The molecule has 6 atom stereocenters. The smallest absolute Gasteiger partial charge is 0.250 e. The number of rotatable bonds is 19. The van der Waals surface area contributed by atoms with Crippen LogP contribution in [0.1, 0.15) is 83.5 Å². The van der Waals surface area contributed by atoms with Gasteiger partial charge in [0.25, 0.3) is 5.91 Å². The Morgan fingerprint density at radius 3 is 1.39 bits per heavy atom. The molecular formula is C35H50ClN5O8. The second-order valence-corrected chi connectivity index (χ2v) is 11.9. The van der Waals surface area contributed by atoms with Gasteiger partial charge in [-0.15, -0.1) is 0 Å². The summed E-state index contributed by atoms with van der Waals surface area (Å²) >= 11 is 5.51. The molecule has 7 N–H and O–H groups in total. The van der Waals surface area contributed by atoms with E-state index in [0.717, 1.165) is 19.3 Å². The van der Waals surface area contributed by atoms with Crippen molar-refractivity contribution in [1.82, 2.24) is 26.1 Å². The molecule has 0 fully saturated rings. The Balaban J connectivity index is 0.000000490. The monoisotopic (exact) mass is 703 g/mol.